The van der Waals surface area contributed by atoms with E-state index in [0.29, 0.717) is 30.8 Å². The van der Waals surface area contributed by atoms with Crippen LogP contribution in [0.2, 0.25) is 0 Å². The molecule has 5 aliphatic carbocycles. The molecule has 4 nitrogen and oxygen atoms in total. The number of unbranched alkanes of at least 4 members (excludes halogenated alkanes) is 1. The summed E-state index contributed by atoms with van der Waals surface area (Å²) in [4.78, 5) is 25.3. The van der Waals surface area contributed by atoms with Gasteiger partial charge in [-0.05, 0) is 114 Å². The van der Waals surface area contributed by atoms with E-state index in [4.69, 9.17) is 9.47 Å². The van der Waals surface area contributed by atoms with Crippen molar-refractivity contribution in [2.24, 2.45) is 40.9 Å². The lowest BCUT2D eigenvalue weighted by Gasteiger charge is -2.63. The van der Waals surface area contributed by atoms with Crippen LogP contribution in [0.3, 0.4) is 0 Å². The number of hydrogen-bond donors (Lipinski definition) is 0. The number of rotatable bonds is 9. The Morgan fingerprint density at radius 2 is 1.56 bits per heavy atom. The number of carbonyl (C=O) groups excluding carboxylic acids is 2. The van der Waals surface area contributed by atoms with Crippen molar-refractivity contribution in [3.8, 4) is 0 Å². The van der Waals surface area contributed by atoms with E-state index in [1.807, 2.05) is 20.8 Å². The van der Waals surface area contributed by atoms with Crippen molar-refractivity contribution in [2.75, 3.05) is 6.61 Å². The Labute approximate surface area is 195 Å². The molecule has 4 bridgehead atoms. The van der Waals surface area contributed by atoms with Gasteiger partial charge in [0.2, 0.25) is 0 Å². The maximum atomic E-state index is 13.1. The number of ether oxygens (including phenoxy) is 2. The summed E-state index contributed by atoms with van der Waals surface area (Å²) in [6.45, 7) is 8.63. The molecule has 32 heavy (non-hydrogen) atoms. The fourth-order valence-electron chi connectivity index (χ4n) is 7.81. The number of esters is 2. The molecule has 0 aromatic carbocycles. The Morgan fingerprint density at radius 1 is 0.906 bits per heavy atom. The molecule has 5 fully saturated rings. The van der Waals surface area contributed by atoms with Crippen LogP contribution in [-0.4, -0.2) is 24.1 Å². The first-order valence-electron chi connectivity index (χ1n) is 13.6. The van der Waals surface area contributed by atoms with Gasteiger partial charge in [-0.25, -0.2) is 0 Å². The van der Waals surface area contributed by atoms with Gasteiger partial charge in [0.15, 0.2) is 0 Å². The summed E-state index contributed by atoms with van der Waals surface area (Å²) in [5, 5.41) is 0. The van der Waals surface area contributed by atoms with Gasteiger partial charge in [-0.2, -0.15) is 0 Å². The van der Waals surface area contributed by atoms with Crippen molar-refractivity contribution in [1.29, 1.82) is 0 Å². The van der Waals surface area contributed by atoms with Crippen LogP contribution in [0.5, 0.6) is 0 Å². The minimum atomic E-state index is -0.429. The molecule has 0 N–H and O–H groups in total. The standard InChI is InChI=1S/C28H46O4/c1-5-27(3,4)26(30)31-12-7-6-11-25(29)32-28(22-10-8-9-19(2)13-22)23-15-20-14-21(17-23)18-24(28)16-20/h19-24H,5-18H2,1-4H3. The van der Waals surface area contributed by atoms with Gasteiger partial charge in [0.05, 0.1) is 12.0 Å². The highest BCUT2D eigenvalue weighted by atomic mass is 16.6. The van der Waals surface area contributed by atoms with E-state index in [9.17, 15) is 9.59 Å². The zero-order valence-corrected chi connectivity index (χ0v) is 21.0. The van der Waals surface area contributed by atoms with Gasteiger partial charge in [0, 0.05) is 6.42 Å². The molecule has 0 saturated heterocycles. The third-order valence-electron chi connectivity index (χ3n) is 9.72. The second kappa shape index (κ2) is 9.66. The van der Waals surface area contributed by atoms with Crippen molar-refractivity contribution < 1.29 is 19.1 Å². The van der Waals surface area contributed by atoms with Crippen molar-refractivity contribution in [3.63, 3.8) is 0 Å². The van der Waals surface area contributed by atoms with Gasteiger partial charge in [0.25, 0.3) is 0 Å². The van der Waals surface area contributed by atoms with Crippen LogP contribution >= 0.6 is 0 Å². The topological polar surface area (TPSA) is 52.6 Å². The molecule has 2 atom stereocenters. The maximum absolute atomic E-state index is 13.1. The fourth-order valence-corrected chi connectivity index (χ4v) is 7.81. The highest BCUT2D eigenvalue weighted by molar-refractivity contribution is 5.75. The Balaban J connectivity index is 1.34. The Kier molecular flexibility index (Phi) is 7.27. The summed E-state index contributed by atoms with van der Waals surface area (Å²) in [5.41, 5.74) is -0.612. The van der Waals surface area contributed by atoms with Crippen LogP contribution in [0.25, 0.3) is 0 Å². The summed E-state index contributed by atoms with van der Waals surface area (Å²) < 4.78 is 12.1. The Bertz CT molecular complexity index is 653. The van der Waals surface area contributed by atoms with Gasteiger partial charge in [0.1, 0.15) is 5.60 Å². The van der Waals surface area contributed by atoms with Crippen LogP contribution in [0.4, 0.5) is 0 Å². The predicted octanol–water partition coefficient (Wildman–Crippen LogP) is 6.70. The molecule has 0 aromatic rings. The monoisotopic (exact) mass is 446 g/mol. The van der Waals surface area contributed by atoms with Crippen LogP contribution in [-0.2, 0) is 19.1 Å². The summed E-state index contributed by atoms with van der Waals surface area (Å²) in [5.74, 6) is 4.12. The van der Waals surface area contributed by atoms with E-state index in [1.165, 1.54) is 57.8 Å². The Morgan fingerprint density at radius 3 is 2.16 bits per heavy atom. The van der Waals surface area contributed by atoms with Gasteiger partial charge in [-0.3, -0.25) is 9.59 Å². The average molecular weight is 447 g/mol. The summed E-state index contributed by atoms with van der Waals surface area (Å²) in [6.07, 6.45) is 14.3. The lowest BCUT2D eigenvalue weighted by molar-refractivity contribution is -0.234. The summed E-state index contributed by atoms with van der Waals surface area (Å²) in [6, 6.07) is 0. The van der Waals surface area contributed by atoms with Crippen molar-refractivity contribution in [2.45, 2.75) is 117 Å². The first-order valence-corrected chi connectivity index (χ1v) is 13.6. The van der Waals surface area contributed by atoms with E-state index in [0.717, 1.165) is 37.0 Å². The van der Waals surface area contributed by atoms with Crippen molar-refractivity contribution in [3.05, 3.63) is 0 Å². The first kappa shape index (κ1) is 24.1. The molecule has 5 saturated carbocycles. The van der Waals surface area contributed by atoms with E-state index >= 15 is 0 Å². The molecular weight excluding hydrogens is 400 g/mol. The lowest BCUT2D eigenvalue weighted by Crippen LogP contribution is -2.63. The molecule has 0 aliphatic heterocycles. The second-order valence-corrected chi connectivity index (χ2v) is 12.4. The van der Waals surface area contributed by atoms with Gasteiger partial charge in [-0.1, -0.05) is 26.7 Å². The summed E-state index contributed by atoms with van der Waals surface area (Å²) >= 11 is 0. The molecule has 0 heterocycles. The van der Waals surface area contributed by atoms with Crippen LogP contribution in [0.15, 0.2) is 0 Å². The second-order valence-electron chi connectivity index (χ2n) is 12.4. The minimum absolute atomic E-state index is 0.00378. The minimum Gasteiger partial charge on any atom is -0.465 e. The zero-order valence-electron chi connectivity index (χ0n) is 21.0. The molecule has 182 valence electrons. The van der Waals surface area contributed by atoms with Gasteiger partial charge in [-0.15, -0.1) is 0 Å². The van der Waals surface area contributed by atoms with E-state index in [1.54, 1.807) is 0 Å². The van der Waals surface area contributed by atoms with E-state index < -0.39 is 5.41 Å². The van der Waals surface area contributed by atoms with Crippen LogP contribution in [0.1, 0.15) is 111 Å². The van der Waals surface area contributed by atoms with Crippen molar-refractivity contribution in [1.82, 2.24) is 0 Å². The van der Waals surface area contributed by atoms with Crippen molar-refractivity contribution >= 4 is 11.9 Å². The SMILES string of the molecule is CCC(C)(C)C(=O)OCCCCC(=O)OC1(C2CCCC(C)C2)C2CC3CC(C2)CC1C3. The molecular formula is C28H46O4. The predicted molar refractivity (Wildman–Crippen MR) is 126 cm³/mol. The molecule has 0 spiro atoms. The molecule has 0 aromatic heterocycles. The zero-order chi connectivity index (χ0) is 22.9. The fraction of sp³-hybridized carbons (Fsp3) is 0.929. The summed E-state index contributed by atoms with van der Waals surface area (Å²) in [7, 11) is 0. The number of carbonyl (C=O) groups is 2. The first-order chi connectivity index (χ1) is 15.2. The average Bonchev–Trinajstić information content (AvgIpc) is 2.75. The highest BCUT2D eigenvalue weighted by Crippen LogP contribution is 2.63. The third kappa shape index (κ3) is 4.75. The van der Waals surface area contributed by atoms with Crippen LogP contribution < -0.4 is 0 Å². The van der Waals surface area contributed by atoms with Crippen LogP contribution in [0, 0.1) is 40.9 Å². The smallest absolute Gasteiger partial charge is 0.311 e. The molecule has 2 unspecified atom stereocenters. The quantitative estimate of drug-likeness (QED) is 0.292. The molecule has 5 rings (SSSR count). The molecule has 0 radical (unpaired) electrons. The molecule has 5 aliphatic rings. The normalized spacial score (nSPS) is 38.5. The molecule has 0 amide bonds. The van der Waals surface area contributed by atoms with E-state index in [2.05, 4.69) is 6.92 Å². The highest BCUT2D eigenvalue weighted by Gasteiger charge is 2.62. The maximum Gasteiger partial charge on any atom is 0.311 e. The number of hydrogen-bond acceptors (Lipinski definition) is 4. The third-order valence-corrected chi connectivity index (χ3v) is 9.72. The van der Waals surface area contributed by atoms with Gasteiger partial charge >= 0.3 is 11.9 Å². The van der Waals surface area contributed by atoms with Gasteiger partial charge < -0.3 is 9.47 Å². The molecule has 4 heteroatoms. The van der Waals surface area contributed by atoms with E-state index in [-0.39, 0.29) is 17.5 Å². The largest absolute Gasteiger partial charge is 0.465 e. The lowest BCUT2D eigenvalue weighted by atomic mass is 9.46. The Hall–Kier alpha value is -1.06.